The van der Waals surface area contributed by atoms with E-state index >= 15 is 0 Å². The average Bonchev–Trinajstić information content (AvgIpc) is 3.02. The largest absolute Gasteiger partial charge is 0.492 e. The normalized spacial score (nSPS) is 10.7. The quantitative estimate of drug-likeness (QED) is 0.655. The van der Waals surface area contributed by atoms with Gasteiger partial charge in [0.1, 0.15) is 12.4 Å². The first-order valence-corrected chi connectivity index (χ1v) is 8.29. The fourth-order valence-corrected chi connectivity index (χ4v) is 2.73. The van der Waals surface area contributed by atoms with E-state index in [4.69, 9.17) is 4.74 Å². The lowest BCUT2D eigenvalue weighted by Crippen LogP contribution is -2.29. The summed E-state index contributed by atoms with van der Waals surface area (Å²) in [5, 5.41) is 4.00. The van der Waals surface area contributed by atoms with Gasteiger partial charge < -0.3 is 15.0 Å². The molecule has 0 spiro atoms. The standard InChI is InChI=1S/C20H22N2O2/c1-2-15-6-5-7-17(12-15)24-11-10-21-20(23)13-16-14-22-19-9-4-3-8-18(16)19/h3-9,12,14,22H,2,10-11,13H2,1H3,(H,21,23). The first kappa shape index (κ1) is 16.1. The monoisotopic (exact) mass is 322 g/mol. The van der Waals surface area contributed by atoms with Crippen molar-refractivity contribution in [1.82, 2.24) is 10.3 Å². The number of carbonyl (C=O) groups excluding carboxylic acids is 1. The smallest absolute Gasteiger partial charge is 0.224 e. The molecule has 0 aliphatic carbocycles. The topological polar surface area (TPSA) is 54.1 Å². The first-order valence-electron chi connectivity index (χ1n) is 8.29. The van der Waals surface area contributed by atoms with Crippen molar-refractivity contribution in [3.8, 4) is 5.75 Å². The molecule has 0 aliphatic rings. The maximum absolute atomic E-state index is 12.1. The third-order valence-corrected chi connectivity index (χ3v) is 4.03. The number of ether oxygens (including phenoxy) is 1. The van der Waals surface area contributed by atoms with Crippen LogP contribution < -0.4 is 10.1 Å². The first-order chi connectivity index (χ1) is 11.8. The van der Waals surface area contributed by atoms with Gasteiger partial charge in [-0.25, -0.2) is 0 Å². The minimum atomic E-state index is 0.00524. The Balaban J connectivity index is 1.46. The summed E-state index contributed by atoms with van der Waals surface area (Å²) in [5.41, 5.74) is 3.31. The number of fused-ring (bicyclic) bond motifs is 1. The van der Waals surface area contributed by atoms with Crippen LogP contribution in [0.15, 0.2) is 54.7 Å². The number of carbonyl (C=O) groups is 1. The van der Waals surface area contributed by atoms with Crippen molar-refractivity contribution in [1.29, 1.82) is 0 Å². The third-order valence-electron chi connectivity index (χ3n) is 4.03. The zero-order chi connectivity index (χ0) is 16.8. The number of nitrogens with one attached hydrogen (secondary N) is 2. The van der Waals surface area contributed by atoms with Crippen LogP contribution in [0.3, 0.4) is 0 Å². The highest BCUT2D eigenvalue weighted by Crippen LogP contribution is 2.18. The van der Waals surface area contributed by atoms with E-state index in [2.05, 4.69) is 23.3 Å². The van der Waals surface area contributed by atoms with Gasteiger partial charge in [0.15, 0.2) is 0 Å². The van der Waals surface area contributed by atoms with Crippen LogP contribution in [0, 0.1) is 0 Å². The van der Waals surface area contributed by atoms with Crippen LogP contribution in [0.1, 0.15) is 18.1 Å². The minimum Gasteiger partial charge on any atom is -0.492 e. The van der Waals surface area contributed by atoms with E-state index in [0.717, 1.165) is 28.6 Å². The van der Waals surface area contributed by atoms with Crippen molar-refractivity contribution in [3.63, 3.8) is 0 Å². The highest BCUT2D eigenvalue weighted by atomic mass is 16.5. The predicted octanol–water partition coefficient (Wildman–Crippen LogP) is 3.47. The van der Waals surface area contributed by atoms with Crippen LogP contribution >= 0.6 is 0 Å². The van der Waals surface area contributed by atoms with Crippen LogP contribution in [0.25, 0.3) is 10.9 Å². The molecule has 1 amide bonds. The second-order valence-corrected chi connectivity index (χ2v) is 5.74. The van der Waals surface area contributed by atoms with Crippen LogP contribution in [0.2, 0.25) is 0 Å². The second-order valence-electron chi connectivity index (χ2n) is 5.74. The third kappa shape index (κ3) is 3.96. The van der Waals surface area contributed by atoms with Gasteiger partial charge in [0, 0.05) is 17.1 Å². The summed E-state index contributed by atoms with van der Waals surface area (Å²) in [5.74, 6) is 0.853. The molecule has 0 unspecified atom stereocenters. The fraction of sp³-hybridized carbons (Fsp3) is 0.250. The van der Waals surface area contributed by atoms with Crippen molar-refractivity contribution in [3.05, 3.63) is 65.9 Å². The SMILES string of the molecule is CCc1cccc(OCCNC(=O)Cc2c[nH]c3ccccc23)c1. The number of aromatic nitrogens is 1. The molecule has 0 saturated heterocycles. The van der Waals surface area contributed by atoms with Gasteiger partial charge in [0.2, 0.25) is 5.91 Å². The minimum absolute atomic E-state index is 0.00524. The number of para-hydroxylation sites is 1. The van der Waals surface area contributed by atoms with Crippen molar-refractivity contribution >= 4 is 16.8 Å². The van der Waals surface area contributed by atoms with Gasteiger partial charge in [0.25, 0.3) is 0 Å². The molecule has 0 bridgehead atoms. The Morgan fingerprint density at radius 1 is 1.17 bits per heavy atom. The van der Waals surface area contributed by atoms with Gasteiger partial charge in [-0.1, -0.05) is 37.3 Å². The molecular weight excluding hydrogens is 300 g/mol. The molecular formula is C20H22N2O2. The molecule has 2 N–H and O–H groups in total. The summed E-state index contributed by atoms with van der Waals surface area (Å²) in [4.78, 5) is 15.3. The van der Waals surface area contributed by atoms with Crippen molar-refractivity contribution in [2.45, 2.75) is 19.8 Å². The number of H-pyrrole nitrogens is 1. The molecule has 2 aromatic carbocycles. The molecule has 4 nitrogen and oxygen atoms in total. The molecule has 3 aromatic rings. The summed E-state index contributed by atoms with van der Waals surface area (Å²) < 4.78 is 5.68. The van der Waals surface area contributed by atoms with Gasteiger partial charge in [-0.2, -0.15) is 0 Å². The maximum Gasteiger partial charge on any atom is 0.224 e. The van der Waals surface area contributed by atoms with Crippen LogP contribution in [0.5, 0.6) is 5.75 Å². The van der Waals surface area contributed by atoms with Gasteiger partial charge in [-0.3, -0.25) is 4.79 Å². The summed E-state index contributed by atoms with van der Waals surface area (Å²) in [6.07, 6.45) is 3.25. The summed E-state index contributed by atoms with van der Waals surface area (Å²) >= 11 is 0. The van der Waals surface area contributed by atoms with E-state index in [1.54, 1.807) is 0 Å². The molecule has 24 heavy (non-hydrogen) atoms. The number of rotatable bonds is 7. The Labute approximate surface area is 141 Å². The molecule has 3 rings (SSSR count). The van der Waals surface area contributed by atoms with E-state index < -0.39 is 0 Å². The lowest BCUT2D eigenvalue weighted by atomic mass is 10.1. The van der Waals surface area contributed by atoms with Gasteiger partial charge >= 0.3 is 0 Å². The highest BCUT2D eigenvalue weighted by molar-refractivity contribution is 5.88. The van der Waals surface area contributed by atoms with Crippen molar-refractivity contribution in [2.75, 3.05) is 13.2 Å². The van der Waals surface area contributed by atoms with Crippen molar-refractivity contribution in [2.24, 2.45) is 0 Å². The summed E-state index contributed by atoms with van der Waals surface area (Å²) in [6.45, 7) is 3.08. The lowest BCUT2D eigenvalue weighted by Gasteiger charge is -2.08. The Kier molecular flexibility index (Phi) is 5.16. The Morgan fingerprint density at radius 3 is 2.92 bits per heavy atom. The van der Waals surface area contributed by atoms with Crippen molar-refractivity contribution < 1.29 is 9.53 Å². The number of benzene rings is 2. The molecule has 0 atom stereocenters. The number of aromatic amines is 1. The van der Waals surface area contributed by atoms with Crippen LogP contribution in [-0.2, 0) is 17.6 Å². The molecule has 0 radical (unpaired) electrons. The van der Waals surface area contributed by atoms with Gasteiger partial charge in [-0.05, 0) is 35.7 Å². The fourth-order valence-electron chi connectivity index (χ4n) is 2.73. The van der Waals surface area contributed by atoms with E-state index in [0.29, 0.717) is 19.6 Å². The summed E-state index contributed by atoms with van der Waals surface area (Å²) in [6, 6.07) is 16.0. The number of aryl methyl sites for hydroxylation is 1. The Morgan fingerprint density at radius 2 is 2.04 bits per heavy atom. The van der Waals surface area contributed by atoms with E-state index in [1.165, 1.54) is 5.56 Å². The molecule has 124 valence electrons. The maximum atomic E-state index is 12.1. The van der Waals surface area contributed by atoms with E-state index in [9.17, 15) is 4.79 Å². The molecule has 1 aromatic heterocycles. The molecule has 0 fully saturated rings. The number of hydrogen-bond donors (Lipinski definition) is 2. The van der Waals surface area contributed by atoms with Crippen LogP contribution in [-0.4, -0.2) is 24.0 Å². The second kappa shape index (κ2) is 7.68. The molecule has 0 saturated carbocycles. The molecule has 1 heterocycles. The van der Waals surface area contributed by atoms with Crippen LogP contribution in [0.4, 0.5) is 0 Å². The van der Waals surface area contributed by atoms with E-state index in [-0.39, 0.29) is 5.91 Å². The lowest BCUT2D eigenvalue weighted by molar-refractivity contribution is -0.120. The predicted molar refractivity (Wildman–Crippen MR) is 96.3 cm³/mol. The highest BCUT2D eigenvalue weighted by Gasteiger charge is 2.08. The average molecular weight is 322 g/mol. The number of amides is 1. The zero-order valence-corrected chi connectivity index (χ0v) is 13.8. The Bertz CT molecular complexity index is 823. The van der Waals surface area contributed by atoms with E-state index in [1.807, 2.05) is 48.7 Å². The number of hydrogen-bond acceptors (Lipinski definition) is 2. The molecule has 4 heteroatoms. The zero-order valence-electron chi connectivity index (χ0n) is 13.8. The van der Waals surface area contributed by atoms with Gasteiger partial charge in [0.05, 0.1) is 13.0 Å². The Hall–Kier alpha value is -2.75. The molecule has 0 aliphatic heterocycles. The van der Waals surface area contributed by atoms with Gasteiger partial charge in [-0.15, -0.1) is 0 Å². The summed E-state index contributed by atoms with van der Waals surface area (Å²) in [7, 11) is 0.